The summed E-state index contributed by atoms with van der Waals surface area (Å²) in [6, 6.07) is -1.02. The van der Waals surface area contributed by atoms with Crippen LogP contribution in [-0.4, -0.2) is 59.6 Å². The number of nitrogens with zero attached hydrogens (tertiary/aromatic N) is 1. The lowest BCUT2D eigenvalue weighted by Gasteiger charge is -2.20. The van der Waals surface area contributed by atoms with E-state index in [0.29, 0.717) is 12.6 Å². The highest BCUT2D eigenvalue weighted by Crippen LogP contribution is 2.25. The van der Waals surface area contributed by atoms with Crippen molar-refractivity contribution in [3.05, 3.63) is 0 Å². The Kier molecular flexibility index (Phi) is 6.93. The summed E-state index contributed by atoms with van der Waals surface area (Å²) in [5.41, 5.74) is 4.97. The number of hydrogen-bond donors (Lipinski definition) is 4. The highest BCUT2D eigenvalue weighted by atomic mass is 16.4. The van der Waals surface area contributed by atoms with Gasteiger partial charge in [0.25, 0.3) is 0 Å². The molecule has 1 aliphatic rings. The number of likely N-dealkylation sites (N-methyl/N-ethyl adjacent to an activating group) is 1. The second kappa shape index (κ2) is 8.46. The van der Waals surface area contributed by atoms with Gasteiger partial charge in [-0.05, 0) is 25.8 Å². The van der Waals surface area contributed by atoms with Gasteiger partial charge in [0.1, 0.15) is 6.04 Å². The molecule has 21 heavy (non-hydrogen) atoms. The van der Waals surface area contributed by atoms with Gasteiger partial charge in [-0.3, -0.25) is 9.69 Å². The predicted octanol–water partition coefficient (Wildman–Crippen LogP) is -0.511. The lowest BCUT2D eigenvalue weighted by molar-refractivity contribution is -0.139. The minimum atomic E-state index is -1.18. The third-order valence-corrected chi connectivity index (χ3v) is 3.44. The van der Waals surface area contributed by atoms with Gasteiger partial charge < -0.3 is 21.5 Å². The van der Waals surface area contributed by atoms with Gasteiger partial charge >= 0.3 is 12.0 Å². The number of carboxylic acids is 1. The second-order valence-electron chi connectivity index (χ2n) is 5.16. The number of nitrogens with one attached hydrogen (secondary N) is 2. The molecule has 0 aromatic heterocycles. The zero-order valence-electron chi connectivity index (χ0n) is 12.3. The second-order valence-corrected chi connectivity index (χ2v) is 5.16. The van der Waals surface area contributed by atoms with Gasteiger partial charge in [0, 0.05) is 25.6 Å². The molecule has 1 unspecified atom stereocenters. The van der Waals surface area contributed by atoms with Crippen molar-refractivity contribution < 1.29 is 19.5 Å². The molecule has 1 fully saturated rings. The van der Waals surface area contributed by atoms with E-state index >= 15 is 0 Å². The van der Waals surface area contributed by atoms with E-state index in [2.05, 4.69) is 22.5 Å². The largest absolute Gasteiger partial charge is 0.480 e. The first kappa shape index (κ1) is 17.2. The van der Waals surface area contributed by atoms with E-state index in [1.54, 1.807) is 0 Å². The number of amides is 3. The Morgan fingerprint density at radius 2 is 2.05 bits per heavy atom. The molecule has 1 rings (SSSR count). The van der Waals surface area contributed by atoms with Crippen LogP contribution in [0.3, 0.4) is 0 Å². The molecule has 120 valence electrons. The summed E-state index contributed by atoms with van der Waals surface area (Å²) >= 11 is 0. The molecule has 0 bridgehead atoms. The van der Waals surface area contributed by atoms with E-state index in [9.17, 15) is 14.4 Å². The molecule has 3 amide bonds. The Morgan fingerprint density at radius 3 is 2.52 bits per heavy atom. The molecule has 8 heteroatoms. The molecule has 0 spiro atoms. The van der Waals surface area contributed by atoms with Gasteiger partial charge in [-0.2, -0.15) is 0 Å². The zero-order chi connectivity index (χ0) is 15.8. The smallest absolute Gasteiger partial charge is 0.326 e. The number of urea groups is 1. The first-order chi connectivity index (χ1) is 9.93. The number of carbonyl (C=O) groups is 3. The van der Waals surface area contributed by atoms with Crippen molar-refractivity contribution >= 4 is 17.9 Å². The van der Waals surface area contributed by atoms with Crippen LogP contribution in [0, 0.1) is 0 Å². The predicted molar refractivity (Wildman–Crippen MR) is 76.7 cm³/mol. The first-order valence-electron chi connectivity index (χ1n) is 7.23. The standard InChI is InChI=1S/C13H24N4O4/c1-2-17(9-3-4-9)8-7-15-13(21)16-10(12(19)20)5-6-11(14)18/h9-10H,2-8H2,1H3,(H2,14,18)(H,19,20)(H2,15,16,21). The minimum absolute atomic E-state index is 0.0127. The highest BCUT2D eigenvalue weighted by molar-refractivity contribution is 5.83. The van der Waals surface area contributed by atoms with Crippen molar-refractivity contribution in [1.29, 1.82) is 0 Å². The lowest BCUT2D eigenvalue weighted by Crippen LogP contribution is -2.48. The number of rotatable bonds is 10. The molecule has 0 aromatic carbocycles. The number of primary amides is 1. The van der Waals surface area contributed by atoms with Gasteiger partial charge in [-0.25, -0.2) is 9.59 Å². The third kappa shape index (κ3) is 6.94. The molecular weight excluding hydrogens is 276 g/mol. The van der Waals surface area contributed by atoms with E-state index in [1.165, 1.54) is 12.8 Å². The van der Waals surface area contributed by atoms with E-state index < -0.39 is 23.9 Å². The van der Waals surface area contributed by atoms with Crippen molar-refractivity contribution in [2.75, 3.05) is 19.6 Å². The normalized spacial score (nSPS) is 15.5. The lowest BCUT2D eigenvalue weighted by atomic mass is 10.1. The number of carboxylic acid groups (broad SMARTS) is 1. The SMILES string of the molecule is CCN(CCNC(=O)NC(CCC(N)=O)C(=O)O)C1CC1. The van der Waals surface area contributed by atoms with Crippen molar-refractivity contribution in [3.8, 4) is 0 Å². The molecule has 1 atom stereocenters. The Morgan fingerprint density at radius 1 is 1.38 bits per heavy atom. The maximum atomic E-state index is 11.6. The fourth-order valence-electron chi connectivity index (χ4n) is 2.10. The Hall–Kier alpha value is -1.83. The van der Waals surface area contributed by atoms with Gasteiger partial charge in [0.15, 0.2) is 0 Å². The van der Waals surface area contributed by atoms with Crippen LogP contribution < -0.4 is 16.4 Å². The number of aliphatic carboxylic acids is 1. The van der Waals surface area contributed by atoms with E-state index in [0.717, 1.165) is 13.1 Å². The van der Waals surface area contributed by atoms with Crippen LogP contribution in [0.4, 0.5) is 4.79 Å². The summed E-state index contributed by atoms with van der Waals surface area (Å²) in [6.07, 6.45) is 2.31. The first-order valence-corrected chi connectivity index (χ1v) is 7.23. The van der Waals surface area contributed by atoms with E-state index in [1.807, 2.05) is 0 Å². The van der Waals surface area contributed by atoms with Crippen LogP contribution in [0.15, 0.2) is 0 Å². The van der Waals surface area contributed by atoms with Gasteiger partial charge in [-0.1, -0.05) is 6.92 Å². The fourth-order valence-corrected chi connectivity index (χ4v) is 2.10. The molecule has 0 saturated heterocycles. The van der Waals surface area contributed by atoms with Crippen LogP contribution in [-0.2, 0) is 9.59 Å². The van der Waals surface area contributed by atoms with Gasteiger partial charge in [0.05, 0.1) is 0 Å². The molecule has 0 aromatic rings. The monoisotopic (exact) mass is 300 g/mol. The average molecular weight is 300 g/mol. The number of carbonyl (C=O) groups excluding carboxylic acids is 2. The maximum Gasteiger partial charge on any atom is 0.326 e. The number of nitrogens with two attached hydrogens (primary N) is 1. The van der Waals surface area contributed by atoms with E-state index in [-0.39, 0.29) is 12.8 Å². The van der Waals surface area contributed by atoms with Crippen molar-refractivity contribution in [3.63, 3.8) is 0 Å². The minimum Gasteiger partial charge on any atom is -0.480 e. The maximum absolute atomic E-state index is 11.6. The van der Waals surface area contributed by atoms with Crippen molar-refractivity contribution in [1.82, 2.24) is 15.5 Å². The zero-order valence-corrected chi connectivity index (χ0v) is 12.3. The average Bonchev–Trinajstić information content (AvgIpc) is 3.23. The Labute approximate surface area is 124 Å². The molecule has 5 N–H and O–H groups in total. The third-order valence-electron chi connectivity index (χ3n) is 3.44. The summed E-state index contributed by atoms with van der Waals surface area (Å²) < 4.78 is 0. The summed E-state index contributed by atoms with van der Waals surface area (Å²) in [5.74, 6) is -1.77. The topological polar surface area (TPSA) is 125 Å². The molecular formula is C13H24N4O4. The molecule has 0 heterocycles. The molecule has 0 radical (unpaired) electrons. The van der Waals surface area contributed by atoms with Crippen molar-refractivity contribution in [2.24, 2.45) is 5.73 Å². The van der Waals surface area contributed by atoms with Crippen molar-refractivity contribution in [2.45, 2.75) is 44.7 Å². The molecule has 0 aliphatic heterocycles. The summed E-state index contributed by atoms with van der Waals surface area (Å²) in [7, 11) is 0. The van der Waals surface area contributed by atoms with E-state index in [4.69, 9.17) is 10.8 Å². The van der Waals surface area contributed by atoms with Gasteiger partial charge in [0.2, 0.25) is 5.91 Å². The van der Waals surface area contributed by atoms with Crippen LogP contribution in [0.2, 0.25) is 0 Å². The van der Waals surface area contributed by atoms with Crippen LogP contribution >= 0.6 is 0 Å². The Balaban J connectivity index is 2.25. The van der Waals surface area contributed by atoms with Gasteiger partial charge in [-0.15, -0.1) is 0 Å². The number of hydrogen-bond acceptors (Lipinski definition) is 4. The fraction of sp³-hybridized carbons (Fsp3) is 0.769. The van der Waals surface area contributed by atoms with Crippen LogP contribution in [0.1, 0.15) is 32.6 Å². The quantitative estimate of drug-likeness (QED) is 0.432. The van der Waals surface area contributed by atoms with Crippen LogP contribution in [0.5, 0.6) is 0 Å². The molecule has 1 saturated carbocycles. The summed E-state index contributed by atoms with van der Waals surface area (Å²) in [6.45, 7) is 4.21. The summed E-state index contributed by atoms with van der Waals surface area (Å²) in [5, 5.41) is 13.9. The molecule has 1 aliphatic carbocycles. The highest BCUT2D eigenvalue weighted by Gasteiger charge is 2.27. The Bertz CT molecular complexity index is 384. The summed E-state index contributed by atoms with van der Waals surface area (Å²) in [4.78, 5) is 35.5. The van der Waals surface area contributed by atoms with Crippen LogP contribution in [0.25, 0.3) is 0 Å². The molecule has 8 nitrogen and oxygen atoms in total.